The van der Waals surface area contributed by atoms with E-state index in [-0.39, 0.29) is 5.82 Å². The fraction of sp³-hybridized carbons (Fsp3) is 0.278. The highest BCUT2D eigenvalue weighted by molar-refractivity contribution is 7.80. The van der Waals surface area contributed by atoms with E-state index < -0.39 is 0 Å². The number of halogens is 1. The predicted octanol–water partition coefficient (Wildman–Crippen LogP) is 3.91. The Morgan fingerprint density at radius 2 is 1.74 bits per heavy atom. The van der Waals surface area contributed by atoms with Gasteiger partial charge in [0, 0.05) is 25.3 Å². The van der Waals surface area contributed by atoms with Gasteiger partial charge < -0.3 is 15.5 Å². The van der Waals surface area contributed by atoms with Crippen LogP contribution in [-0.4, -0.2) is 18.2 Å². The molecule has 0 atom stereocenters. The first kappa shape index (κ1) is 15.7. The minimum Gasteiger partial charge on any atom is -0.372 e. The van der Waals surface area contributed by atoms with Crippen molar-refractivity contribution >= 4 is 28.7 Å². The van der Waals surface area contributed by atoms with Crippen LogP contribution in [-0.2, 0) is 6.54 Å². The van der Waals surface area contributed by atoms with Gasteiger partial charge >= 0.3 is 0 Å². The SMILES string of the molecule is Fc1ccccc1NC(=S)NCc1ccc(N2CCCC2)cc1. The molecule has 1 fully saturated rings. The normalized spacial score (nSPS) is 13.9. The first-order chi connectivity index (χ1) is 11.2. The topological polar surface area (TPSA) is 27.3 Å². The largest absolute Gasteiger partial charge is 0.372 e. The molecule has 1 saturated heterocycles. The van der Waals surface area contributed by atoms with E-state index in [2.05, 4.69) is 39.8 Å². The molecule has 1 heterocycles. The highest BCUT2D eigenvalue weighted by Gasteiger charge is 2.11. The molecule has 0 radical (unpaired) electrons. The molecule has 5 heteroatoms. The number of hydrogen-bond acceptors (Lipinski definition) is 2. The highest BCUT2D eigenvalue weighted by atomic mass is 32.1. The fourth-order valence-electron chi connectivity index (χ4n) is 2.71. The third-order valence-electron chi connectivity index (χ3n) is 3.98. The minimum absolute atomic E-state index is 0.313. The molecule has 0 unspecified atom stereocenters. The second-order valence-corrected chi connectivity index (χ2v) is 6.06. The zero-order chi connectivity index (χ0) is 16.1. The summed E-state index contributed by atoms with van der Waals surface area (Å²) in [6, 6.07) is 15.0. The summed E-state index contributed by atoms with van der Waals surface area (Å²) in [4.78, 5) is 2.40. The average molecular weight is 329 g/mol. The van der Waals surface area contributed by atoms with Crippen molar-refractivity contribution in [3.63, 3.8) is 0 Å². The Morgan fingerprint density at radius 3 is 2.43 bits per heavy atom. The summed E-state index contributed by atoms with van der Waals surface area (Å²) in [5.74, 6) is -0.313. The van der Waals surface area contributed by atoms with E-state index in [4.69, 9.17) is 12.2 Å². The zero-order valence-corrected chi connectivity index (χ0v) is 13.7. The van der Waals surface area contributed by atoms with Crippen molar-refractivity contribution in [2.45, 2.75) is 19.4 Å². The van der Waals surface area contributed by atoms with Crippen LogP contribution in [0.5, 0.6) is 0 Å². The quantitative estimate of drug-likeness (QED) is 0.832. The lowest BCUT2D eigenvalue weighted by atomic mass is 10.2. The van der Waals surface area contributed by atoms with Gasteiger partial charge in [-0.3, -0.25) is 0 Å². The van der Waals surface area contributed by atoms with Crippen molar-refractivity contribution in [2.24, 2.45) is 0 Å². The summed E-state index contributed by atoms with van der Waals surface area (Å²) in [6.45, 7) is 2.91. The van der Waals surface area contributed by atoms with Gasteiger partial charge in [0.1, 0.15) is 5.82 Å². The summed E-state index contributed by atoms with van der Waals surface area (Å²) in [5.41, 5.74) is 2.80. The van der Waals surface area contributed by atoms with Crippen LogP contribution in [0.1, 0.15) is 18.4 Å². The van der Waals surface area contributed by atoms with Crippen LogP contribution in [0.4, 0.5) is 15.8 Å². The fourth-order valence-corrected chi connectivity index (χ4v) is 2.89. The van der Waals surface area contributed by atoms with Gasteiger partial charge in [0.15, 0.2) is 5.11 Å². The Kier molecular flexibility index (Phi) is 5.08. The lowest BCUT2D eigenvalue weighted by Gasteiger charge is -2.18. The molecule has 3 nitrogen and oxygen atoms in total. The lowest BCUT2D eigenvalue weighted by molar-refractivity contribution is 0.632. The Balaban J connectivity index is 1.51. The lowest BCUT2D eigenvalue weighted by Crippen LogP contribution is -2.28. The van der Waals surface area contributed by atoms with Gasteiger partial charge in [0.2, 0.25) is 0 Å². The van der Waals surface area contributed by atoms with E-state index in [0.29, 0.717) is 17.3 Å². The van der Waals surface area contributed by atoms with Crippen LogP contribution < -0.4 is 15.5 Å². The number of nitrogens with one attached hydrogen (secondary N) is 2. The third kappa shape index (κ3) is 4.20. The number of hydrogen-bond donors (Lipinski definition) is 2. The summed E-state index contributed by atoms with van der Waals surface area (Å²) >= 11 is 5.21. The van der Waals surface area contributed by atoms with E-state index in [1.807, 2.05) is 0 Å². The van der Waals surface area contributed by atoms with Crippen LogP contribution in [0.15, 0.2) is 48.5 Å². The molecule has 3 rings (SSSR count). The van der Waals surface area contributed by atoms with Gasteiger partial charge in [0.25, 0.3) is 0 Å². The first-order valence-corrected chi connectivity index (χ1v) is 8.26. The maximum Gasteiger partial charge on any atom is 0.171 e. The number of nitrogens with zero attached hydrogens (tertiary/aromatic N) is 1. The standard InChI is InChI=1S/C18H20FN3S/c19-16-5-1-2-6-17(16)21-18(23)20-13-14-7-9-15(10-8-14)22-11-3-4-12-22/h1-2,5-10H,3-4,11-13H2,(H2,20,21,23). The smallest absolute Gasteiger partial charge is 0.171 e. The molecule has 120 valence electrons. The van der Waals surface area contributed by atoms with Gasteiger partial charge in [-0.25, -0.2) is 4.39 Å². The van der Waals surface area contributed by atoms with Gasteiger partial charge in [0.05, 0.1) is 5.69 Å². The summed E-state index contributed by atoms with van der Waals surface area (Å²) < 4.78 is 13.6. The monoisotopic (exact) mass is 329 g/mol. The molecule has 2 aromatic carbocycles. The third-order valence-corrected chi connectivity index (χ3v) is 4.23. The summed E-state index contributed by atoms with van der Waals surface area (Å²) in [6.07, 6.45) is 2.55. The van der Waals surface area contributed by atoms with Crippen LogP contribution in [0.3, 0.4) is 0 Å². The van der Waals surface area contributed by atoms with E-state index in [1.165, 1.54) is 24.6 Å². The molecule has 0 aliphatic carbocycles. The van der Waals surface area contributed by atoms with Crippen molar-refractivity contribution in [1.29, 1.82) is 0 Å². The molecule has 0 saturated carbocycles. The molecule has 2 aromatic rings. The van der Waals surface area contributed by atoms with Crippen LogP contribution in [0.25, 0.3) is 0 Å². The van der Waals surface area contributed by atoms with Crippen molar-refractivity contribution in [2.75, 3.05) is 23.3 Å². The highest BCUT2D eigenvalue weighted by Crippen LogP contribution is 2.20. The first-order valence-electron chi connectivity index (χ1n) is 7.85. The number of anilines is 2. The Morgan fingerprint density at radius 1 is 1.04 bits per heavy atom. The molecule has 0 amide bonds. The van der Waals surface area contributed by atoms with Crippen molar-refractivity contribution in [1.82, 2.24) is 5.32 Å². The van der Waals surface area contributed by atoms with E-state index in [1.54, 1.807) is 18.2 Å². The predicted molar refractivity (Wildman–Crippen MR) is 97.3 cm³/mol. The van der Waals surface area contributed by atoms with Gasteiger partial charge in [-0.1, -0.05) is 24.3 Å². The zero-order valence-electron chi connectivity index (χ0n) is 12.9. The van der Waals surface area contributed by atoms with E-state index >= 15 is 0 Å². The average Bonchev–Trinajstić information content (AvgIpc) is 3.10. The van der Waals surface area contributed by atoms with Gasteiger partial charge in [-0.05, 0) is 54.9 Å². The minimum atomic E-state index is -0.313. The molecular weight excluding hydrogens is 309 g/mol. The summed E-state index contributed by atoms with van der Waals surface area (Å²) in [7, 11) is 0. The number of rotatable bonds is 4. The molecular formula is C18H20FN3S. The van der Waals surface area contributed by atoms with Crippen LogP contribution in [0, 0.1) is 5.82 Å². The van der Waals surface area contributed by atoms with Crippen molar-refractivity contribution < 1.29 is 4.39 Å². The Bertz CT molecular complexity index is 666. The second kappa shape index (κ2) is 7.42. The van der Waals surface area contributed by atoms with Crippen molar-refractivity contribution in [3.05, 3.63) is 59.9 Å². The van der Waals surface area contributed by atoms with Gasteiger partial charge in [-0.15, -0.1) is 0 Å². The molecule has 0 bridgehead atoms. The molecule has 1 aliphatic rings. The van der Waals surface area contributed by atoms with Crippen molar-refractivity contribution in [3.8, 4) is 0 Å². The molecule has 23 heavy (non-hydrogen) atoms. The number of thiocarbonyl (C=S) groups is 1. The molecule has 0 aromatic heterocycles. The second-order valence-electron chi connectivity index (χ2n) is 5.65. The molecule has 1 aliphatic heterocycles. The molecule has 2 N–H and O–H groups in total. The maximum atomic E-state index is 13.6. The van der Waals surface area contributed by atoms with E-state index in [9.17, 15) is 4.39 Å². The Hall–Kier alpha value is -2.14. The van der Waals surface area contributed by atoms with E-state index in [0.717, 1.165) is 18.7 Å². The Labute approximate surface area is 141 Å². The molecule has 0 spiro atoms. The summed E-state index contributed by atoms with van der Waals surface area (Å²) in [5, 5.41) is 6.39. The number of para-hydroxylation sites is 1. The van der Waals surface area contributed by atoms with Crippen LogP contribution >= 0.6 is 12.2 Å². The van der Waals surface area contributed by atoms with Gasteiger partial charge in [-0.2, -0.15) is 0 Å². The van der Waals surface area contributed by atoms with Crippen LogP contribution in [0.2, 0.25) is 0 Å². The number of benzene rings is 2. The maximum absolute atomic E-state index is 13.6.